The van der Waals surface area contributed by atoms with Crippen LogP contribution in [0.15, 0.2) is 24.3 Å². The first-order valence-electron chi connectivity index (χ1n) is 14.7. The minimum atomic E-state index is -0.694. The van der Waals surface area contributed by atoms with Gasteiger partial charge >= 0.3 is 5.97 Å². The Kier molecular flexibility index (Phi) is 26.3. The molecule has 0 aromatic carbocycles. The number of carbonyl (C=O) groups is 1. The first kappa shape index (κ1) is 31.9. The predicted octanol–water partition coefficient (Wildman–Crippen LogP) is 10.8. The third-order valence-corrected chi connectivity index (χ3v) is 6.71. The number of carboxylic acids is 1. The van der Waals surface area contributed by atoms with Crippen molar-refractivity contribution in [3.63, 3.8) is 0 Å². The number of allylic oxidation sites excluding steroid dienone is 4. The standard InChI is InChI=1S/C31H58O2/c1-3-4-5-6-21-24-27-30(2)28-25-22-19-17-15-13-11-9-7-8-10-12-14-16-18-20-23-26-29-31(32)33/h10,12,18,20,30H,3-9,11,13-17,19,21-29H2,1-2H3,(H,32,33)/b12-10-,20-18-. The highest BCUT2D eigenvalue weighted by atomic mass is 16.4. The molecule has 1 N–H and O–H groups in total. The van der Waals surface area contributed by atoms with E-state index in [4.69, 9.17) is 5.11 Å². The van der Waals surface area contributed by atoms with Gasteiger partial charge in [0.1, 0.15) is 0 Å². The molecule has 1 atom stereocenters. The summed E-state index contributed by atoms with van der Waals surface area (Å²) in [7, 11) is 0. The molecule has 0 radical (unpaired) electrons. The van der Waals surface area contributed by atoms with Gasteiger partial charge in [-0.2, -0.15) is 0 Å². The zero-order valence-electron chi connectivity index (χ0n) is 22.5. The van der Waals surface area contributed by atoms with Gasteiger partial charge in [0.15, 0.2) is 0 Å². The molecule has 0 rings (SSSR count). The second kappa shape index (κ2) is 27.2. The molecule has 0 aliphatic heterocycles. The summed E-state index contributed by atoms with van der Waals surface area (Å²) in [5.41, 5.74) is 0. The topological polar surface area (TPSA) is 37.3 Å². The minimum Gasteiger partial charge on any atom is -0.481 e. The van der Waals surface area contributed by atoms with Gasteiger partial charge in [0.25, 0.3) is 0 Å². The van der Waals surface area contributed by atoms with E-state index in [9.17, 15) is 4.79 Å². The lowest BCUT2D eigenvalue weighted by molar-refractivity contribution is -0.137. The fourth-order valence-electron chi connectivity index (χ4n) is 4.44. The Balaban J connectivity index is 3.22. The van der Waals surface area contributed by atoms with Gasteiger partial charge < -0.3 is 5.11 Å². The second-order valence-electron chi connectivity index (χ2n) is 10.2. The molecule has 0 amide bonds. The number of hydrogen-bond acceptors (Lipinski definition) is 1. The minimum absolute atomic E-state index is 0.281. The monoisotopic (exact) mass is 462 g/mol. The van der Waals surface area contributed by atoms with Crippen LogP contribution in [-0.2, 0) is 4.79 Å². The smallest absolute Gasteiger partial charge is 0.303 e. The summed E-state index contributed by atoms with van der Waals surface area (Å²) in [6.45, 7) is 4.76. The molecule has 2 nitrogen and oxygen atoms in total. The second-order valence-corrected chi connectivity index (χ2v) is 10.2. The fourth-order valence-corrected chi connectivity index (χ4v) is 4.44. The van der Waals surface area contributed by atoms with Crippen molar-refractivity contribution in [1.82, 2.24) is 0 Å². The zero-order valence-corrected chi connectivity index (χ0v) is 22.5. The summed E-state index contributed by atoms with van der Waals surface area (Å²) in [4.78, 5) is 10.4. The third-order valence-electron chi connectivity index (χ3n) is 6.71. The zero-order chi connectivity index (χ0) is 24.2. The van der Waals surface area contributed by atoms with E-state index in [-0.39, 0.29) is 6.42 Å². The Morgan fingerprint density at radius 2 is 0.970 bits per heavy atom. The molecular formula is C31H58O2. The molecule has 0 aromatic heterocycles. The van der Waals surface area contributed by atoms with Crippen molar-refractivity contribution in [3.8, 4) is 0 Å². The highest BCUT2D eigenvalue weighted by Crippen LogP contribution is 2.19. The average Bonchev–Trinajstić information content (AvgIpc) is 2.79. The van der Waals surface area contributed by atoms with Crippen LogP contribution in [0.2, 0.25) is 0 Å². The van der Waals surface area contributed by atoms with Crippen molar-refractivity contribution in [3.05, 3.63) is 24.3 Å². The van der Waals surface area contributed by atoms with Crippen LogP contribution < -0.4 is 0 Å². The van der Waals surface area contributed by atoms with Crippen molar-refractivity contribution >= 4 is 5.97 Å². The van der Waals surface area contributed by atoms with Gasteiger partial charge in [0, 0.05) is 6.42 Å². The highest BCUT2D eigenvalue weighted by Gasteiger charge is 2.02. The van der Waals surface area contributed by atoms with Crippen LogP contribution in [0.4, 0.5) is 0 Å². The summed E-state index contributed by atoms with van der Waals surface area (Å²) >= 11 is 0. The molecule has 194 valence electrons. The van der Waals surface area contributed by atoms with E-state index < -0.39 is 5.97 Å². The number of unbranched alkanes of at least 4 members (excludes halogenated alkanes) is 16. The summed E-state index contributed by atoms with van der Waals surface area (Å²) in [6, 6.07) is 0. The van der Waals surface area contributed by atoms with Gasteiger partial charge in [-0.05, 0) is 44.4 Å². The molecule has 0 saturated carbocycles. The lowest BCUT2D eigenvalue weighted by Gasteiger charge is -2.11. The van der Waals surface area contributed by atoms with Gasteiger partial charge in [-0.3, -0.25) is 4.79 Å². The summed E-state index contributed by atoms with van der Waals surface area (Å²) in [6.07, 6.45) is 38.5. The Morgan fingerprint density at radius 3 is 1.45 bits per heavy atom. The Morgan fingerprint density at radius 1 is 0.576 bits per heavy atom. The Hall–Kier alpha value is -1.05. The van der Waals surface area contributed by atoms with E-state index in [1.54, 1.807) is 0 Å². The molecule has 0 aromatic rings. The van der Waals surface area contributed by atoms with Crippen molar-refractivity contribution in [2.75, 3.05) is 0 Å². The molecule has 0 bridgehead atoms. The normalized spacial score (nSPS) is 12.8. The van der Waals surface area contributed by atoms with Crippen LogP contribution in [0, 0.1) is 5.92 Å². The van der Waals surface area contributed by atoms with Crippen molar-refractivity contribution in [1.29, 1.82) is 0 Å². The van der Waals surface area contributed by atoms with Gasteiger partial charge in [0.2, 0.25) is 0 Å². The SMILES string of the molecule is CCCCCCCCC(C)CCCCCCCCCCC/C=C\CC/C=C\CCCC(=O)O. The van der Waals surface area contributed by atoms with Crippen LogP contribution in [-0.4, -0.2) is 11.1 Å². The number of rotatable bonds is 26. The van der Waals surface area contributed by atoms with Crippen molar-refractivity contribution < 1.29 is 9.90 Å². The molecule has 1 unspecified atom stereocenters. The number of hydrogen-bond donors (Lipinski definition) is 1. The van der Waals surface area contributed by atoms with Crippen LogP contribution >= 0.6 is 0 Å². The lowest BCUT2D eigenvalue weighted by Crippen LogP contribution is -1.95. The van der Waals surface area contributed by atoms with Gasteiger partial charge in [0.05, 0.1) is 0 Å². The quantitative estimate of drug-likeness (QED) is 0.102. The largest absolute Gasteiger partial charge is 0.481 e. The van der Waals surface area contributed by atoms with Crippen LogP contribution in [0.1, 0.15) is 162 Å². The van der Waals surface area contributed by atoms with Gasteiger partial charge in [-0.1, -0.05) is 141 Å². The van der Waals surface area contributed by atoms with E-state index in [0.29, 0.717) is 0 Å². The first-order valence-corrected chi connectivity index (χ1v) is 14.7. The maximum Gasteiger partial charge on any atom is 0.303 e. The average molecular weight is 463 g/mol. The summed E-state index contributed by atoms with van der Waals surface area (Å²) < 4.78 is 0. The van der Waals surface area contributed by atoms with E-state index >= 15 is 0 Å². The van der Waals surface area contributed by atoms with E-state index in [1.165, 1.54) is 116 Å². The van der Waals surface area contributed by atoms with Crippen molar-refractivity contribution in [2.45, 2.75) is 162 Å². The Bertz CT molecular complexity index is 452. The molecule has 0 spiro atoms. The fraction of sp³-hybridized carbons (Fsp3) is 0.839. The maximum atomic E-state index is 10.4. The predicted molar refractivity (Wildman–Crippen MR) is 147 cm³/mol. The summed E-state index contributed by atoms with van der Waals surface area (Å²) in [5.74, 6) is 0.248. The van der Waals surface area contributed by atoms with Gasteiger partial charge in [-0.25, -0.2) is 0 Å². The molecule has 0 aliphatic carbocycles. The van der Waals surface area contributed by atoms with Crippen LogP contribution in [0.3, 0.4) is 0 Å². The molecule has 0 aliphatic rings. The highest BCUT2D eigenvalue weighted by molar-refractivity contribution is 5.66. The van der Waals surface area contributed by atoms with Gasteiger partial charge in [-0.15, -0.1) is 0 Å². The molecule has 0 fully saturated rings. The maximum absolute atomic E-state index is 10.4. The van der Waals surface area contributed by atoms with Crippen molar-refractivity contribution in [2.24, 2.45) is 5.92 Å². The Labute approximate surface area is 207 Å². The molecule has 33 heavy (non-hydrogen) atoms. The number of aliphatic carboxylic acids is 1. The molecular weight excluding hydrogens is 404 g/mol. The molecule has 0 saturated heterocycles. The summed E-state index contributed by atoms with van der Waals surface area (Å²) in [5, 5.41) is 8.58. The number of carboxylic acid groups (broad SMARTS) is 1. The third kappa shape index (κ3) is 28.9. The van der Waals surface area contributed by atoms with Crippen LogP contribution in [0.5, 0.6) is 0 Å². The molecule has 2 heteroatoms. The first-order chi connectivity index (χ1) is 16.2. The molecule has 0 heterocycles. The van der Waals surface area contributed by atoms with E-state index in [0.717, 1.165) is 31.6 Å². The van der Waals surface area contributed by atoms with Crippen LogP contribution in [0.25, 0.3) is 0 Å². The lowest BCUT2D eigenvalue weighted by atomic mass is 9.96. The van der Waals surface area contributed by atoms with E-state index in [1.807, 2.05) is 0 Å². The van der Waals surface area contributed by atoms with E-state index in [2.05, 4.69) is 38.2 Å².